The molecule has 28 heavy (non-hydrogen) atoms. The molecule has 3 aromatic rings. The Morgan fingerprint density at radius 2 is 1.86 bits per heavy atom. The number of anilines is 1. The van der Waals surface area contributed by atoms with Gasteiger partial charge in [0.05, 0.1) is 27.0 Å². The Hall–Kier alpha value is -3.40. The molecule has 0 aliphatic rings. The van der Waals surface area contributed by atoms with Crippen molar-refractivity contribution in [1.29, 1.82) is 0 Å². The van der Waals surface area contributed by atoms with E-state index in [1.807, 2.05) is 0 Å². The number of benzene rings is 1. The van der Waals surface area contributed by atoms with Gasteiger partial charge >= 0.3 is 5.97 Å². The summed E-state index contributed by atoms with van der Waals surface area (Å²) in [6.07, 6.45) is 0. The van der Waals surface area contributed by atoms with Crippen LogP contribution in [0.15, 0.2) is 28.8 Å². The first-order chi connectivity index (χ1) is 13.5. The van der Waals surface area contributed by atoms with E-state index < -0.39 is 11.9 Å². The van der Waals surface area contributed by atoms with Crippen LogP contribution < -0.4 is 14.8 Å². The van der Waals surface area contributed by atoms with Gasteiger partial charge in [-0.3, -0.25) is 10.1 Å². The fraction of sp³-hybridized carbons (Fsp3) is 0.222. The lowest BCUT2D eigenvalue weighted by Crippen LogP contribution is -2.11. The zero-order chi connectivity index (χ0) is 20.3. The molecule has 0 unspecified atom stereocenters. The fourth-order valence-electron chi connectivity index (χ4n) is 2.40. The molecular weight excluding hydrogens is 386 g/mol. The molecule has 0 aliphatic carbocycles. The molecule has 10 heteroatoms. The van der Waals surface area contributed by atoms with E-state index in [1.54, 1.807) is 32.2 Å². The standard InChI is InChI=1S/C18H17N3O6S/c1-9-15(17(23)26-4)28-18(19-9)20-16(22)11-8-13(27-21-11)10-5-6-12(24-2)14(7-10)25-3/h5-8H,1-4H3,(H,19,20,22). The number of nitrogens with one attached hydrogen (secondary N) is 1. The van der Waals surface area contributed by atoms with Crippen molar-refractivity contribution >= 4 is 28.3 Å². The third kappa shape index (κ3) is 3.81. The largest absolute Gasteiger partial charge is 0.493 e. The van der Waals surface area contributed by atoms with Gasteiger partial charge in [0, 0.05) is 11.6 Å². The highest BCUT2D eigenvalue weighted by Gasteiger charge is 2.20. The van der Waals surface area contributed by atoms with Crippen molar-refractivity contribution in [2.45, 2.75) is 6.92 Å². The first kappa shape index (κ1) is 19.4. The number of thiazole rings is 1. The number of aryl methyl sites for hydroxylation is 1. The van der Waals surface area contributed by atoms with Crippen LogP contribution in [0.5, 0.6) is 11.5 Å². The lowest BCUT2D eigenvalue weighted by atomic mass is 10.1. The number of ether oxygens (including phenoxy) is 3. The Balaban J connectivity index is 1.79. The summed E-state index contributed by atoms with van der Waals surface area (Å²) in [6, 6.07) is 6.70. The van der Waals surface area contributed by atoms with Crippen LogP contribution in [0.25, 0.3) is 11.3 Å². The molecule has 0 saturated heterocycles. The second-order valence-corrected chi connectivity index (χ2v) is 6.52. The minimum atomic E-state index is -0.513. The second-order valence-electron chi connectivity index (χ2n) is 5.53. The molecule has 1 amide bonds. The lowest BCUT2D eigenvalue weighted by molar-refractivity contribution is 0.0605. The quantitative estimate of drug-likeness (QED) is 0.625. The monoisotopic (exact) mass is 403 g/mol. The third-order valence-corrected chi connectivity index (χ3v) is 4.85. The SMILES string of the molecule is COC(=O)c1sc(NC(=O)c2cc(-c3ccc(OC)c(OC)c3)on2)nc1C. The average molecular weight is 403 g/mol. The van der Waals surface area contributed by atoms with Gasteiger partial charge in [0.1, 0.15) is 4.88 Å². The fourth-order valence-corrected chi connectivity index (χ4v) is 3.28. The van der Waals surface area contributed by atoms with Crippen molar-refractivity contribution in [3.05, 3.63) is 40.5 Å². The van der Waals surface area contributed by atoms with Gasteiger partial charge in [0.15, 0.2) is 28.1 Å². The van der Waals surface area contributed by atoms with Crippen molar-refractivity contribution in [1.82, 2.24) is 10.1 Å². The number of carbonyl (C=O) groups is 2. The molecule has 3 rings (SSSR count). The van der Waals surface area contributed by atoms with Crippen molar-refractivity contribution < 1.29 is 28.3 Å². The molecule has 0 bridgehead atoms. The third-order valence-electron chi connectivity index (χ3n) is 3.80. The number of nitrogens with zero attached hydrogens (tertiary/aromatic N) is 2. The maximum atomic E-state index is 12.4. The Morgan fingerprint density at radius 1 is 1.11 bits per heavy atom. The van der Waals surface area contributed by atoms with Crippen LogP contribution in [-0.4, -0.2) is 43.3 Å². The van der Waals surface area contributed by atoms with Crippen molar-refractivity contribution in [3.63, 3.8) is 0 Å². The molecule has 0 radical (unpaired) electrons. The number of carbonyl (C=O) groups excluding carboxylic acids is 2. The van der Waals surface area contributed by atoms with Crippen LogP contribution in [0, 0.1) is 6.92 Å². The van der Waals surface area contributed by atoms with E-state index in [2.05, 4.69) is 20.2 Å². The zero-order valence-electron chi connectivity index (χ0n) is 15.6. The minimum absolute atomic E-state index is 0.0669. The van der Waals surface area contributed by atoms with Gasteiger partial charge in [-0.25, -0.2) is 9.78 Å². The van der Waals surface area contributed by atoms with Gasteiger partial charge in [0.2, 0.25) is 0 Å². The second kappa shape index (κ2) is 8.09. The van der Waals surface area contributed by atoms with Gasteiger partial charge in [-0.2, -0.15) is 0 Å². The maximum Gasteiger partial charge on any atom is 0.350 e. The number of methoxy groups -OCH3 is 3. The zero-order valence-corrected chi connectivity index (χ0v) is 16.4. The van der Waals surface area contributed by atoms with Crippen molar-refractivity contribution in [3.8, 4) is 22.8 Å². The molecule has 0 aliphatic heterocycles. The summed E-state index contributed by atoms with van der Waals surface area (Å²) in [4.78, 5) is 28.5. The summed E-state index contributed by atoms with van der Waals surface area (Å²) in [6.45, 7) is 1.66. The van der Waals surface area contributed by atoms with Crippen LogP contribution in [0.4, 0.5) is 5.13 Å². The van der Waals surface area contributed by atoms with Gasteiger partial charge in [-0.1, -0.05) is 16.5 Å². The molecule has 2 heterocycles. The van der Waals surface area contributed by atoms with Gasteiger partial charge in [-0.15, -0.1) is 0 Å². The first-order valence-corrected chi connectivity index (χ1v) is 8.84. The number of rotatable bonds is 6. The van der Waals surface area contributed by atoms with Crippen LogP contribution in [0.3, 0.4) is 0 Å². The maximum absolute atomic E-state index is 12.4. The lowest BCUT2D eigenvalue weighted by Gasteiger charge is -2.07. The molecule has 1 aromatic carbocycles. The van der Waals surface area contributed by atoms with Crippen molar-refractivity contribution in [2.75, 3.05) is 26.6 Å². The average Bonchev–Trinajstić information content (AvgIpc) is 3.33. The number of hydrogen-bond donors (Lipinski definition) is 1. The summed E-state index contributed by atoms with van der Waals surface area (Å²) >= 11 is 1.02. The molecule has 1 N–H and O–H groups in total. The van der Waals surface area contributed by atoms with Crippen LogP contribution in [-0.2, 0) is 4.74 Å². The summed E-state index contributed by atoms with van der Waals surface area (Å²) in [7, 11) is 4.35. The molecule has 0 saturated carbocycles. The summed E-state index contributed by atoms with van der Waals surface area (Å²) in [5.41, 5.74) is 1.21. The smallest absolute Gasteiger partial charge is 0.350 e. The van der Waals surface area contributed by atoms with Gasteiger partial charge in [-0.05, 0) is 25.1 Å². The van der Waals surface area contributed by atoms with Crippen LogP contribution >= 0.6 is 11.3 Å². The van der Waals surface area contributed by atoms with E-state index in [0.717, 1.165) is 11.3 Å². The summed E-state index contributed by atoms with van der Waals surface area (Å²) in [5.74, 6) is 0.463. The number of amides is 1. The van der Waals surface area contributed by atoms with Crippen molar-refractivity contribution in [2.24, 2.45) is 0 Å². The van der Waals surface area contributed by atoms with E-state index in [4.69, 9.17) is 14.0 Å². The summed E-state index contributed by atoms with van der Waals surface area (Å²) in [5, 5.41) is 6.65. The van der Waals surface area contributed by atoms with E-state index in [1.165, 1.54) is 20.3 Å². The Kier molecular flexibility index (Phi) is 5.59. The molecule has 0 atom stereocenters. The Labute approximate surface area is 164 Å². The predicted molar refractivity (Wildman–Crippen MR) is 101 cm³/mol. The molecular formula is C18H17N3O6S. The highest BCUT2D eigenvalue weighted by molar-refractivity contribution is 7.17. The molecule has 0 spiro atoms. The van der Waals surface area contributed by atoms with Gasteiger partial charge in [0.25, 0.3) is 5.91 Å². The minimum Gasteiger partial charge on any atom is -0.493 e. The molecule has 2 aromatic heterocycles. The predicted octanol–water partition coefficient (Wildman–Crippen LogP) is 3.16. The first-order valence-electron chi connectivity index (χ1n) is 8.03. The number of hydrogen-bond acceptors (Lipinski definition) is 9. The molecule has 0 fully saturated rings. The Bertz CT molecular complexity index is 1030. The highest BCUT2D eigenvalue weighted by atomic mass is 32.1. The van der Waals surface area contributed by atoms with Gasteiger partial charge < -0.3 is 18.7 Å². The van der Waals surface area contributed by atoms with E-state index >= 15 is 0 Å². The highest BCUT2D eigenvalue weighted by Crippen LogP contribution is 2.32. The number of esters is 1. The van der Waals surface area contributed by atoms with E-state index in [-0.39, 0.29) is 10.8 Å². The normalized spacial score (nSPS) is 10.4. The number of aromatic nitrogens is 2. The Morgan fingerprint density at radius 3 is 2.54 bits per heavy atom. The molecule has 9 nitrogen and oxygen atoms in total. The topological polar surface area (TPSA) is 113 Å². The van der Waals surface area contributed by atoms with E-state index in [9.17, 15) is 9.59 Å². The van der Waals surface area contributed by atoms with Crippen LogP contribution in [0.2, 0.25) is 0 Å². The van der Waals surface area contributed by atoms with E-state index in [0.29, 0.717) is 33.4 Å². The molecule has 146 valence electrons. The van der Waals surface area contributed by atoms with Crippen LogP contribution in [0.1, 0.15) is 25.9 Å². The summed E-state index contributed by atoms with van der Waals surface area (Å²) < 4.78 is 20.4.